The molecule has 4 rings (SSSR count). The van der Waals surface area contributed by atoms with Crippen molar-refractivity contribution in [1.29, 1.82) is 0 Å². The van der Waals surface area contributed by atoms with Crippen molar-refractivity contribution >= 4 is 11.6 Å². The summed E-state index contributed by atoms with van der Waals surface area (Å²) in [5.41, 5.74) is -0.148. The maximum Gasteiger partial charge on any atom is 0.200 e. The summed E-state index contributed by atoms with van der Waals surface area (Å²) in [6.07, 6.45) is 1.41. The van der Waals surface area contributed by atoms with Crippen molar-refractivity contribution in [3.8, 4) is 34.5 Å². The number of ketones is 2. The van der Waals surface area contributed by atoms with E-state index in [-0.39, 0.29) is 58.5 Å². The largest absolute Gasteiger partial charge is 0.507 e. The first kappa shape index (κ1) is 29.0. The van der Waals surface area contributed by atoms with E-state index in [0.29, 0.717) is 24.3 Å². The summed E-state index contributed by atoms with van der Waals surface area (Å²) in [5, 5.41) is 41.0. The zero-order valence-electron chi connectivity index (χ0n) is 22.8. The molecule has 4 N–H and O–H groups in total. The molecule has 41 heavy (non-hydrogen) atoms. The molecule has 0 heterocycles. The maximum atomic E-state index is 12.8. The van der Waals surface area contributed by atoms with E-state index in [4.69, 9.17) is 9.47 Å². The van der Waals surface area contributed by atoms with Crippen LogP contribution in [0.25, 0.3) is 0 Å². The van der Waals surface area contributed by atoms with Crippen LogP contribution in [0.15, 0.2) is 84.9 Å². The standard InChI is InChI=1S/C33H32O8/c1-3-33(4-2,19-40-21-13-15-25(29(36)17-21)31(38)23-9-5-7-11-27(23)34)20-41-22-14-16-26(30(37)18-22)32(39)24-10-6-8-12-28(24)35/h5-18,34-37H,3-4,19-20H2,1-2H3. The van der Waals surface area contributed by atoms with Crippen molar-refractivity contribution in [3.63, 3.8) is 0 Å². The van der Waals surface area contributed by atoms with Gasteiger partial charge in [-0.15, -0.1) is 0 Å². The molecule has 0 aromatic heterocycles. The summed E-state index contributed by atoms with van der Waals surface area (Å²) in [4.78, 5) is 25.5. The van der Waals surface area contributed by atoms with Gasteiger partial charge in [0.05, 0.1) is 35.5 Å². The molecule has 0 spiro atoms. The molecular weight excluding hydrogens is 524 g/mol. The SMILES string of the molecule is CCC(CC)(COc1ccc(C(=O)c2ccccc2O)c(O)c1)COc1ccc(C(=O)c2ccccc2O)c(O)c1. The van der Waals surface area contributed by atoms with E-state index >= 15 is 0 Å². The zero-order valence-corrected chi connectivity index (χ0v) is 22.8. The molecule has 0 fully saturated rings. The Kier molecular flexibility index (Phi) is 8.82. The number of phenolic OH excluding ortho intramolecular Hbond substituents is 4. The van der Waals surface area contributed by atoms with Crippen LogP contribution in [0.5, 0.6) is 34.5 Å². The highest BCUT2D eigenvalue weighted by atomic mass is 16.5. The minimum atomic E-state index is -0.506. The molecule has 0 atom stereocenters. The van der Waals surface area contributed by atoms with Gasteiger partial charge in [0.25, 0.3) is 0 Å². The van der Waals surface area contributed by atoms with Gasteiger partial charge in [0.15, 0.2) is 11.6 Å². The summed E-state index contributed by atoms with van der Waals surface area (Å²) < 4.78 is 12.0. The number of carbonyl (C=O) groups excluding carboxylic acids is 2. The average molecular weight is 557 g/mol. The second-order valence-electron chi connectivity index (χ2n) is 9.83. The quantitative estimate of drug-likeness (QED) is 0.151. The molecule has 0 bridgehead atoms. The van der Waals surface area contributed by atoms with Gasteiger partial charge in [-0.2, -0.15) is 0 Å². The first-order chi connectivity index (χ1) is 19.7. The second kappa shape index (κ2) is 12.5. The lowest BCUT2D eigenvalue weighted by Crippen LogP contribution is -2.34. The van der Waals surface area contributed by atoms with Gasteiger partial charge in [0, 0.05) is 17.5 Å². The minimum Gasteiger partial charge on any atom is -0.507 e. The number of hydrogen-bond donors (Lipinski definition) is 4. The fraction of sp³-hybridized carbons (Fsp3) is 0.212. The molecule has 8 heteroatoms. The Morgan fingerprint density at radius 1 is 0.561 bits per heavy atom. The number of hydrogen-bond acceptors (Lipinski definition) is 8. The molecule has 0 aliphatic heterocycles. The smallest absolute Gasteiger partial charge is 0.200 e. The van der Waals surface area contributed by atoms with Crippen molar-refractivity contribution in [2.45, 2.75) is 26.7 Å². The lowest BCUT2D eigenvalue weighted by molar-refractivity contribution is 0.0703. The van der Waals surface area contributed by atoms with Crippen molar-refractivity contribution in [2.24, 2.45) is 5.41 Å². The van der Waals surface area contributed by atoms with E-state index in [1.165, 1.54) is 48.5 Å². The molecule has 0 saturated carbocycles. The van der Waals surface area contributed by atoms with Crippen LogP contribution in [0.3, 0.4) is 0 Å². The van der Waals surface area contributed by atoms with E-state index < -0.39 is 17.0 Å². The van der Waals surface area contributed by atoms with Gasteiger partial charge in [0.1, 0.15) is 34.5 Å². The third-order valence-corrected chi connectivity index (χ3v) is 7.32. The monoisotopic (exact) mass is 556 g/mol. The van der Waals surface area contributed by atoms with E-state index in [1.807, 2.05) is 13.8 Å². The predicted molar refractivity (Wildman–Crippen MR) is 153 cm³/mol. The van der Waals surface area contributed by atoms with Crippen molar-refractivity contribution in [1.82, 2.24) is 0 Å². The van der Waals surface area contributed by atoms with Crippen molar-refractivity contribution in [2.75, 3.05) is 13.2 Å². The number of rotatable bonds is 12. The van der Waals surface area contributed by atoms with Crippen molar-refractivity contribution < 1.29 is 39.5 Å². The zero-order chi connectivity index (χ0) is 29.6. The Morgan fingerprint density at radius 2 is 0.927 bits per heavy atom. The molecular formula is C33H32O8. The van der Waals surface area contributed by atoms with Gasteiger partial charge < -0.3 is 29.9 Å². The summed E-state index contributed by atoms with van der Waals surface area (Å²) in [7, 11) is 0. The predicted octanol–water partition coefficient (Wildman–Crippen LogP) is 6.24. The van der Waals surface area contributed by atoms with Gasteiger partial charge >= 0.3 is 0 Å². The Hall–Kier alpha value is -4.98. The minimum absolute atomic E-state index is 0.0450. The van der Waals surface area contributed by atoms with E-state index in [0.717, 1.165) is 0 Å². The molecule has 0 aliphatic rings. The molecule has 0 unspecified atom stereocenters. The topological polar surface area (TPSA) is 134 Å². The van der Waals surface area contributed by atoms with Gasteiger partial charge in [-0.1, -0.05) is 38.1 Å². The summed E-state index contributed by atoms with van der Waals surface area (Å²) >= 11 is 0. The van der Waals surface area contributed by atoms with Crippen LogP contribution in [0.2, 0.25) is 0 Å². The summed E-state index contributed by atoms with van der Waals surface area (Å²) in [5.74, 6) is -1.14. The number of phenols is 4. The van der Waals surface area contributed by atoms with Gasteiger partial charge in [-0.3, -0.25) is 9.59 Å². The number of benzene rings is 4. The number of para-hydroxylation sites is 2. The Balaban J connectivity index is 1.42. The van der Waals surface area contributed by atoms with Crippen LogP contribution in [0.4, 0.5) is 0 Å². The maximum absolute atomic E-state index is 12.8. The number of ether oxygens (including phenoxy) is 2. The van der Waals surface area contributed by atoms with E-state index in [2.05, 4.69) is 0 Å². The van der Waals surface area contributed by atoms with Gasteiger partial charge in [0.2, 0.25) is 0 Å². The van der Waals surface area contributed by atoms with Crippen LogP contribution in [0, 0.1) is 5.41 Å². The van der Waals surface area contributed by atoms with Gasteiger partial charge in [-0.05, 0) is 61.4 Å². The van der Waals surface area contributed by atoms with Crippen molar-refractivity contribution in [3.05, 3.63) is 107 Å². The third kappa shape index (κ3) is 6.44. The van der Waals surface area contributed by atoms with Crippen LogP contribution in [0.1, 0.15) is 58.5 Å². The molecule has 8 nitrogen and oxygen atoms in total. The Morgan fingerprint density at radius 3 is 1.27 bits per heavy atom. The lowest BCUT2D eigenvalue weighted by atomic mass is 9.84. The number of carbonyl (C=O) groups is 2. The van der Waals surface area contributed by atoms with Crippen LogP contribution < -0.4 is 9.47 Å². The molecule has 212 valence electrons. The summed E-state index contributed by atoms with van der Waals surface area (Å²) in [6, 6.07) is 21.1. The fourth-order valence-electron chi connectivity index (χ4n) is 4.38. The van der Waals surface area contributed by atoms with E-state index in [1.54, 1.807) is 36.4 Å². The molecule has 4 aromatic carbocycles. The third-order valence-electron chi connectivity index (χ3n) is 7.32. The molecule has 0 saturated heterocycles. The molecule has 0 aliphatic carbocycles. The summed E-state index contributed by atoms with van der Waals surface area (Å²) in [6.45, 7) is 4.52. The highest BCUT2D eigenvalue weighted by Crippen LogP contribution is 2.34. The highest BCUT2D eigenvalue weighted by Gasteiger charge is 2.29. The first-order valence-electron chi connectivity index (χ1n) is 13.2. The highest BCUT2D eigenvalue weighted by molar-refractivity contribution is 6.13. The Bertz CT molecular complexity index is 1440. The molecule has 4 aromatic rings. The molecule has 0 amide bonds. The first-order valence-corrected chi connectivity index (χ1v) is 13.2. The Labute approximate surface area is 238 Å². The van der Waals surface area contributed by atoms with Gasteiger partial charge in [-0.25, -0.2) is 0 Å². The van der Waals surface area contributed by atoms with Crippen LogP contribution >= 0.6 is 0 Å². The fourth-order valence-corrected chi connectivity index (χ4v) is 4.38. The second-order valence-corrected chi connectivity index (χ2v) is 9.83. The molecule has 0 radical (unpaired) electrons. The average Bonchev–Trinajstić information content (AvgIpc) is 2.97. The number of aromatic hydroxyl groups is 4. The van der Waals surface area contributed by atoms with Crippen LogP contribution in [-0.4, -0.2) is 45.2 Å². The van der Waals surface area contributed by atoms with E-state index in [9.17, 15) is 30.0 Å². The normalized spacial score (nSPS) is 11.2. The van der Waals surface area contributed by atoms with Crippen LogP contribution in [-0.2, 0) is 0 Å². The lowest BCUT2D eigenvalue weighted by Gasteiger charge is -2.31.